The third kappa shape index (κ3) is 3.17. The quantitative estimate of drug-likeness (QED) is 0.805. The van der Waals surface area contributed by atoms with Crippen molar-refractivity contribution in [2.24, 2.45) is 7.05 Å². The Morgan fingerprint density at radius 1 is 1.25 bits per heavy atom. The number of piperazine rings is 1. The van der Waals surface area contributed by atoms with E-state index in [1.54, 1.807) is 30.2 Å². The summed E-state index contributed by atoms with van der Waals surface area (Å²) in [6.07, 6.45) is 5.92. The molecule has 2 aromatic heterocycles. The molecule has 0 bridgehead atoms. The van der Waals surface area contributed by atoms with Crippen LogP contribution in [0.4, 0.5) is 5.69 Å². The highest BCUT2D eigenvalue weighted by Crippen LogP contribution is 2.18. The summed E-state index contributed by atoms with van der Waals surface area (Å²) in [5, 5.41) is 8.25. The Labute approximate surface area is 140 Å². The van der Waals surface area contributed by atoms with E-state index in [-0.39, 0.29) is 17.5 Å². The number of aromatic nitrogens is 4. The fraction of sp³-hybridized carbons (Fsp3) is 0.500. The topological polar surface area (TPSA) is 76.3 Å². The maximum atomic E-state index is 12.8. The first-order valence-corrected chi connectivity index (χ1v) is 8.16. The van der Waals surface area contributed by atoms with Gasteiger partial charge in [-0.05, 0) is 12.5 Å². The number of nitrogens with zero attached hydrogens (tertiary/aromatic N) is 6. The molecular weight excluding hydrogens is 308 g/mol. The van der Waals surface area contributed by atoms with Crippen molar-refractivity contribution in [1.29, 1.82) is 0 Å². The van der Waals surface area contributed by atoms with Crippen LogP contribution < -0.4 is 10.5 Å². The van der Waals surface area contributed by atoms with E-state index in [9.17, 15) is 9.59 Å². The average Bonchev–Trinajstić information content (AvgIpc) is 3.12. The normalized spacial score (nSPS) is 16.2. The van der Waals surface area contributed by atoms with Crippen LogP contribution >= 0.6 is 0 Å². The van der Waals surface area contributed by atoms with Crippen molar-refractivity contribution >= 4 is 11.6 Å². The third-order valence-corrected chi connectivity index (χ3v) is 4.43. The van der Waals surface area contributed by atoms with Crippen LogP contribution in [0.1, 0.15) is 19.4 Å². The summed E-state index contributed by atoms with van der Waals surface area (Å²) in [6, 6.07) is 3.16. The summed E-state index contributed by atoms with van der Waals surface area (Å²) in [5.74, 6) is 0.1000. The number of hydrogen-bond acceptors (Lipinski definition) is 5. The molecule has 24 heavy (non-hydrogen) atoms. The van der Waals surface area contributed by atoms with Gasteiger partial charge < -0.3 is 9.80 Å². The van der Waals surface area contributed by atoms with Gasteiger partial charge in [0.2, 0.25) is 5.91 Å². The zero-order chi connectivity index (χ0) is 17.1. The smallest absolute Gasteiger partial charge is 0.268 e. The van der Waals surface area contributed by atoms with Gasteiger partial charge >= 0.3 is 0 Å². The van der Waals surface area contributed by atoms with E-state index in [0.29, 0.717) is 32.6 Å². The van der Waals surface area contributed by atoms with Crippen molar-refractivity contribution in [3.8, 4) is 0 Å². The molecule has 3 heterocycles. The Kier molecular flexibility index (Phi) is 4.64. The Balaban J connectivity index is 1.65. The summed E-state index contributed by atoms with van der Waals surface area (Å²) in [6.45, 7) is 4.63. The minimum absolute atomic E-state index is 0.1000. The summed E-state index contributed by atoms with van der Waals surface area (Å²) < 4.78 is 3.03. The first-order chi connectivity index (χ1) is 11.6. The first kappa shape index (κ1) is 16.2. The molecule has 8 nitrogen and oxygen atoms in total. The van der Waals surface area contributed by atoms with Gasteiger partial charge in [0, 0.05) is 51.7 Å². The van der Waals surface area contributed by atoms with Crippen LogP contribution in [0.5, 0.6) is 0 Å². The lowest BCUT2D eigenvalue weighted by atomic mass is 10.1. The number of amides is 1. The van der Waals surface area contributed by atoms with Gasteiger partial charge in [-0.3, -0.25) is 14.3 Å². The largest absolute Gasteiger partial charge is 0.367 e. The van der Waals surface area contributed by atoms with Gasteiger partial charge in [-0.15, -0.1) is 0 Å². The second kappa shape index (κ2) is 6.86. The van der Waals surface area contributed by atoms with E-state index in [2.05, 4.69) is 15.1 Å². The van der Waals surface area contributed by atoms with Gasteiger partial charge in [0.25, 0.3) is 5.56 Å². The van der Waals surface area contributed by atoms with Crippen molar-refractivity contribution in [3.63, 3.8) is 0 Å². The van der Waals surface area contributed by atoms with Crippen molar-refractivity contribution in [3.05, 3.63) is 41.1 Å². The predicted octanol–water partition coefficient (Wildman–Crippen LogP) is 0.277. The Morgan fingerprint density at radius 3 is 2.58 bits per heavy atom. The van der Waals surface area contributed by atoms with Crippen LogP contribution in [0.25, 0.3) is 0 Å². The molecule has 1 aliphatic rings. The van der Waals surface area contributed by atoms with Gasteiger partial charge in [0.1, 0.15) is 6.04 Å². The van der Waals surface area contributed by atoms with E-state index in [0.717, 1.165) is 5.69 Å². The van der Waals surface area contributed by atoms with Crippen LogP contribution in [0, 0.1) is 0 Å². The van der Waals surface area contributed by atoms with Gasteiger partial charge in [-0.2, -0.15) is 10.2 Å². The zero-order valence-electron chi connectivity index (χ0n) is 14.0. The van der Waals surface area contributed by atoms with E-state index in [1.165, 1.54) is 4.68 Å². The molecule has 0 N–H and O–H groups in total. The van der Waals surface area contributed by atoms with Crippen molar-refractivity contribution in [2.45, 2.75) is 19.4 Å². The molecule has 0 spiro atoms. The number of carbonyl (C=O) groups is 1. The molecular formula is C16H22N6O2. The number of rotatable bonds is 4. The Hall–Kier alpha value is -2.64. The number of aryl methyl sites for hydroxylation is 1. The number of carbonyl (C=O) groups excluding carboxylic acids is 1. The first-order valence-electron chi connectivity index (χ1n) is 8.16. The van der Waals surface area contributed by atoms with E-state index in [4.69, 9.17) is 0 Å². The van der Waals surface area contributed by atoms with E-state index >= 15 is 0 Å². The van der Waals surface area contributed by atoms with Crippen LogP contribution in [0.2, 0.25) is 0 Å². The number of hydrogen-bond donors (Lipinski definition) is 0. The minimum Gasteiger partial charge on any atom is -0.367 e. The summed E-state index contributed by atoms with van der Waals surface area (Å²) in [7, 11) is 1.63. The van der Waals surface area contributed by atoms with Gasteiger partial charge in [-0.1, -0.05) is 6.92 Å². The molecule has 1 atom stereocenters. The molecule has 0 aromatic carbocycles. The van der Waals surface area contributed by atoms with Gasteiger partial charge in [0.15, 0.2) is 0 Å². The second-order valence-corrected chi connectivity index (χ2v) is 5.90. The molecule has 0 aliphatic carbocycles. The maximum Gasteiger partial charge on any atom is 0.268 e. The SMILES string of the molecule is CCC(C(=O)N1CCN(c2cnn(C)c(=O)c2)CC1)n1cccn1. The molecule has 1 saturated heterocycles. The standard InChI is InChI=1S/C16H22N6O2/c1-3-14(22-6-4-5-17-22)16(24)21-9-7-20(8-10-21)13-11-15(23)19(2)18-12-13/h4-6,11-12,14H,3,7-10H2,1-2H3. The summed E-state index contributed by atoms with van der Waals surface area (Å²) >= 11 is 0. The highest BCUT2D eigenvalue weighted by molar-refractivity contribution is 5.80. The average molecular weight is 330 g/mol. The molecule has 2 aromatic rings. The minimum atomic E-state index is -0.253. The molecule has 0 radical (unpaired) electrons. The molecule has 3 rings (SSSR count). The fourth-order valence-electron chi connectivity index (χ4n) is 2.97. The fourth-order valence-corrected chi connectivity index (χ4v) is 2.97. The van der Waals surface area contributed by atoms with E-state index < -0.39 is 0 Å². The summed E-state index contributed by atoms with van der Waals surface area (Å²) in [5.41, 5.74) is 0.681. The van der Waals surface area contributed by atoms with Crippen LogP contribution in [0.3, 0.4) is 0 Å². The Morgan fingerprint density at radius 2 is 2.00 bits per heavy atom. The Bertz CT molecular complexity index is 746. The van der Waals surface area contributed by atoms with E-state index in [1.807, 2.05) is 24.1 Å². The third-order valence-electron chi connectivity index (χ3n) is 4.43. The maximum absolute atomic E-state index is 12.8. The highest BCUT2D eigenvalue weighted by Gasteiger charge is 2.28. The zero-order valence-corrected chi connectivity index (χ0v) is 14.0. The monoisotopic (exact) mass is 330 g/mol. The lowest BCUT2D eigenvalue weighted by Gasteiger charge is -2.37. The van der Waals surface area contributed by atoms with Gasteiger partial charge in [-0.25, -0.2) is 4.68 Å². The molecule has 1 fully saturated rings. The van der Waals surface area contributed by atoms with Crippen molar-refractivity contribution in [1.82, 2.24) is 24.5 Å². The van der Waals surface area contributed by atoms with Crippen molar-refractivity contribution in [2.75, 3.05) is 31.1 Å². The number of anilines is 1. The predicted molar refractivity (Wildman–Crippen MR) is 89.8 cm³/mol. The van der Waals surface area contributed by atoms with Crippen LogP contribution in [-0.4, -0.2) is 56.5 Å². The second-order valence-electron chi connectivity index (χ2n) is 5.90. The molecule has 1 aliphatic heterocycles. The molecule has 128 valence electrons. The van der Waals surface area contributed by atoms with Crippen LogP contribution in [0.15, 0.2) is 35.5 Å². The summed E-state index contributed by atoms with van der Waals surface area (Å²) in [4.78, 5) is 28.4. The molecule has 0 saturated carbocycles. The van der Waals surface area contributed by atoms with Gasteiger partial charge in [0.05, 0.1) is 11.9 Å². The lowest BCUT2D eigenvalue weighted by molar-refractivity contribution is -0.135. The molecule has 8 heteroatoms. The molecule has 1 unspecified atom stereocenters. The highest BCUT2D eigenvalue weighted by atomic mass is 16.2. The lowest BCUT2D eigenvalue weighted by Crippen LogP contribution is -2.51. The van der Waals surface area contributed by atoms with Crippen molar-refractivity contribution < 1.29 is 4.79 Å². The molecule has 1 amide bonds. The van der Waals surface area contributed by atoms with Crippen LogP contribution in [-0.2, 0) is 11.8 Å².